The van der Waals surface area contributed by atoms with Gasteiger partial charge in [-0.25, -0.2) is 0 Å². The van der Waals surface area contributed by atoms with Gasteiger partial charge in [0.15, 0.2) is 0 Å². The fourth-order valence-corrected chi connectivity index (χ4v) is 5.81. The highest BCUT2D eigenvalue weighted by Crippen LogP contribution is 2.33. The summed E-state index contributed by atoms with van der Waals surface area (Å²) in [6.07, 6.45) is 5.41. The van der Waals surface area contributed by atoms with Crippen molar-refractivity contribution in [1.82, 2.24) is 9.80 Å². The van der Waals surface area contributed by atoms with Crippen LogP contribution in [-0.4, -0.2) is 36.8 Å². The van der Waals surface area contributed by atoms with Crippen molar-refractivity contribution < 1.29 is 8.42 Å². The van der Waals surface area contributed by atoms with E-state index in [1.165, 1.54) is 0 Å². The highest BCUT2D eigenvalue weighted by molar-refractivity contribution is 7.90. The smallest absolute Gasteiger partial charge is 0.285 e. The van der Waals surface area contributed by atoms with E-state index in [4.69, 9.17) is 0 Å². The number of hydrogen-bond donors (Lipinski definition) is 0. The molecular formula is C28H29N3O2S. The molecule has 34 heavy (non-hydrogen) atoms. The molecule has 3 aromatic rings. The van der Waals surface area contributed by atoms with Gasteiger partial charge in [0.05, 0.1) is 10.9 Å². The van der Waals surface area contributed by atoms with Crippen LogP contribution in [0.3, 0.4) is 0 Å². The Kier molecular flexibility index (Phi) is 6.24. The third kappa shape index (κ3) is 4.77. The van der Waals surface area contributed by atoms with Crippen LogP contribution in [-0.2, 0) is 23.1 Å². The summed E-state index contributed by atoms with van der Waals surface area (Å²) in [5.74, 6) is 0.912. The summed E-state index contributed by atoms with van der Waals surface area (Å²) in [6, 6.07) is 27.4. The largest absolute Gasteiger partial charge is 0.337 e. The molecule has 1 aliphatic heterocycles. The Balaban J connectivity index is 1.59. The first-order chi connectivity index (χ1) is 16.5. The Bertz CT molecular complexity index is 1290. The van der Waals surface area contributed by atoms with Gasteiger partial charge < -0.3 is 9.80 Å². The fraction of sp³-hybridized carbons (Fsp3) is 0.250. The van der Waals surface area contributed by atoms with Gasteiger partial charge in [0.2, 0.25) is 5.96 Å². The molecule has 6 heteroatoms. The maximum Gasteiger partial charge on any atom is 0.285 e. The summed E-state index contributed by atoms with van der Waals surface area (Å²) >= 11 is 0. The zero-order valence-corrected chi connectivity index (χ0v) is 20.1. The lowest BCUT2D eigenvalue weighted by molar-refractivity contribution is 0.155. The summed E-state index contributed by atoms with van der Waals surface area (Å²) in [7, 11) is -3.88. The molecule has 1 fully saturated rings. The Labute approximate surface area is 202 Å². The maximum atomic E-state index is 13.4. The van der Waals surface area contributed by atoms with E-state index in [-0.39, 0.29) is 10.9 Å². The van der Waals surface area contributed by atoms with E-state index in [1.54, 1.807) is 12.1 Å². The topological polar surface area (TPSA) is 53.0 Å². The molecule has 3 aromatic carbocycles. The van der Waals surface area contributed by atoms with Crippen LogP contribution < -0.4 is 0 Å². The van der Waals surface area contributed by atoms with Gasteiger partial charge in [0, 0.05) is 25.6 Å². The van der Waals surface area contributed by atoms with E-state index in [9.17, 15) is 8.42 Å². The Morgan fingerprint density at radius 3 is 2.12 bits per heavy atom. The summed E-state index contributed by atoms with van der Waals surface area (Å²) in [6.45, 7) is 3.91. The zero-order valence-electron chi connectivity index (χ0n) is 19.3. The lowest BCUT2D eigenvalue weighted by Gasteiger charge is -2.46. The zero-order chi connectivity index (χ0) is 23.5. The normalized spacial score (nSPS) is 21.1. The molecular weight excluding hydrogens is 442 g/mol. The number of hydrogen-bond acceptors (Lipinski definition) is 2. The van der Waals surface area contributed by atoms with Crippen molar-refractivity contribution in [2.24, 2.45) is 10.3 Å². The lowest BCUT2D eigenvalue weighted by atomic mass is 9.96. The Morgan fingerprint density at radius 2 is 1.47 bits per heavy atom. The molecule has 0 unspecified atom stereocenters. The number of nitrogens with zero attached hydrogens (tertiary/aromatic N) is 3. The van der Waals surface area contributed by atoms with E-state index in [0.717, 1.165) is 29.7 Å². The van der Waals surface area contributed by atoms with Crippen molar-refractivity contribution in [2.75, 3.05) is 6.54 Å². The summed E-state index contributed by atoms with van der Waals surface area (Å²) in [4.78, 5) is 4.52. The number of rotatable bonds is 6. The van der Waals surface area contributed by atoms with E-state index in [1.807, 2.05) is 55.5 Å². The minimum atomic E-state index is -3.88. The molecule has 2 aliphatic rings. The quantitative estimate of drug-likeness (QED) is 0.475. The van der Waals surface area contributed by atoms with Gasteiger partial charge in [-0.2, -0.15) is 8.42 Å². The van der Waals surface area contributed by atoms with Crippen LogP contribution in [0.4, 0.5) is 0 Å². The Hall–Kier alpha value is -3.38. The van der Waals surface area contributed by atoms with Crippen LogP contribution in [0.5, 0.6) is 0 Å². The average molecular weight is 472 g/mol. The van der Waals surface area contributed by atoms with Crippen LogP contribution >= 0.6 is 0 Å². The van der Waals surface area contributed by atoms with Gasteiger partial charge in [0.1, 0.15) is 0 Å². The van der Waals surface area contributed by atoms with Crippen LogP contribution in [0.15, 0.2) is 106 Å². The van der Waals surface area contributed by atoms with E-state index >= 15 is 0 Å². The predicted octanol–water partition coefficient (Wildman–Crippen LogP) is 5.00. The van der Waals surface area contributed by atoms with Crippen molar-refractivity contribution in [3.63, 3.8) is 0 Å². The standard InChI is InChI=1S/C28H29N3O2S/c1-22-15-17-26(18-16-22)34(32,33)29-28-30(19-23-9-4-2-5-10-23)21-25-13-8-14-27(25)31(28)20-24-11-6-3-7-12-24/h2-12,14-18,25,27H,13,19-21H2,1H3/b29-28+/t25-,27-/m0/s1. The number of allylic oxidation sites excluding steroid dienone is 1. The van der Waals surface area contributed by atoms with Crippen LogP contribution in [0, 0.1) is 12.8 Å². The lowest BCUT2D eigenvalue weighted by Crippen LogP contribution is -2.57. The second-order valence-corrected chi connectivity index (χ2v) is 10.7. The first kappa shape index (κ1) is 22.4. The predicted molar refractivity (Wildman–Crippen MR) is 136 cm³/mol. The SMILES string of the molecule is Cc1ccc(S(=O)(=O)/N=C2\N(Cc3ccccc3)C[C@@H]3CC=C[C@@H]3N2Cc2ccccc2)cc1. The van der Waals surface area contributed by atoms with Crippen LogP contribution in [0.2, 0.25) is 0 Å². The number of guanidine groups is 1. The second-order valence-electron chi connectivity index (χ2n) is 9.07. The van der Waals surface area contributed by atoms with Gasteiger partial charge in [-0.1, -0.05) is 90.5 Å². The van der Waals surface area contributed by atoms with Crippen molar-refractivity contribution in [3.8, 4) is 0 Å². The molecule has 1 saturated heterocycles. The molecule has 0 saturated carbocycles. The fourth-order valence-electron chi connectivity index (χ4n) is 4.79. The number of sulfonamides is 1. The van der Waals surface area contributed by atoms with Crippen molar-refractivity contribution in [1.29, 1.82) is 0 Å². The van der Waals surface area contributed by atoms with Gasteiger partial charge in [0.25, 0.3) is 10.0 Å². The van der Waals surface area contributed by atoms with E-state index < -0.39 is 10.0 Å². The minimum Gasteiger partial charge on any atom is -0.337 e. The third-order valence-electron chi connectivity index (χ3n) is 6.54. The highest BCUT2D eigenvalue weighted by atomic mass is 32.2. The number of aryl methyl sites for hydroxylation is 1. The van der Waals surface area contributed by atoms with Crippen LogP contribution in [0.25, 0.3) is 0 Å². The highest BCUT2D eigenvalue weighted by Gasteiger charge is 2.40. The maximum absolute atomic E-state index is 13.4. The summed E-state index contributed by atoms with van der Waals surface area (Å²) in [5, 5.41) is 0. The average Bonchev–Trinajstić information content (AvgIpc) is 3.31. The molecule has 0 bridgehead atoms. The molecule has 0 radical (unpaired) electrons. The first-order valence-electron chi connectivity index (χ1n) is 11.7. The second kappa shape index (κ2) is 9.47. The molecule has 1 heterocycles. The Morgan fingerprint density at radius 1 is 0.853 bits per heavy atom. The monoisotopic (exact) mass is 471 g/mol. The first-order valence-corrected chi connectivity index (χ1v) is 13.1. The minimum absolute atomic E-state index is 0.124. The van der Waals surface area contributed by atoms with Gasteiger partial charge in [-0.15, -0.1) is 4.40 Å². The molecule has 174 valence electrons. The molecule has 2 atom stereocenters. The third-order valence-corrected chi connectivity index (χ3v) is 7.81. The van der Waals surface area contributed by atoms with Gasteiger partial charge in [-0.3, -0.25) is 0 Å². The molecule has 0 aromatic heterocycles. The molecule has 1 aliphatic carbocycles. The molecule has 0 amide bonds. The number of fused-ring (bicyclic) bond motifs is 1. The van der Waals surface area contributed by atoms with Crippen molar-refractivity contribution in [2.45, 2.75) is 37.4 Å². The van der Waals surface area contributed by atoms with E-state index in [0.29, 0.717) is 25.0 Å². The summed E-state index contributed by atoms with van der Waals surface area (Å²) in [5.41, 5.74) is 3.27. The number of benzene rings is 3. The van der Waals surface area contributed by atoms with Crippen molar-refractivity contribution >= 4 is 16.0 Å². The van der Waals surface area contributed by atoms with Gasteiger partial charge in [-0.05, 0) is 36.6 Å². The molecule has 5 rings (SSSR count). The van der Waals surface area contributed by atoms with Gasteiger partial charge >= 0.3 is 0 Å². The summed E-state index contributed by atoms with van der Waals surface area (Å²) < 4.78 is 31.4. The van der Waals surface area contributed by atoms with Crippen molar-refractivity contribution in [3.05, 3.63) is 114 Å². The molecule has 0 N–H and O–H groups in total. The van der Waals surface area contributed by atoms with Crippen LogP contribution in [0.1, 0.15) is 23.1 Å². The molecule has 5 nitrogen and oxygen atoms in total. The molecule has 0 spiro atoms. The van der Waals surface area contributed by atoms with E-state index in [2.05, 4.69) is 50.6 Å².